The van der Waals surface area contributed by atoms with E-state index in [0.717, 1.165) is 22.3 Å². The van der Waals surface area contributed by atoms with Gasteiger partial charge in [0.1, 0.15) is 0 Å². The van der Waals surface area contributed by atoms with Crippen LogP contribution in [0.2, 0.25) is 0 Å². The van der Waals surface area contributed by atoms with Crippen molar-refractivity contribution in [3.8, 4) is 0 Å². The van der Waals surface area contributed by atoms with E-state index in [0.29, 0.717) is 0 Å². The molecule has 4 rings (SSSR count). The van der Waals surface area contributed by atoms with Gasteiger partial charge in [0.25, 0.3) is 0 Å². The molecule has 0 spiro atoms. The van der Waals surface area contributed by atoms with Gasteiger partial charge in [-0.25, -0.2) is 58.3 Å². The van der Waals surface area contributed by atoms with E-state index < -0.39 is 60.3 Å². The van der Waals surface area contributed by atoms with Crippen LogP contribution in [0.3, 0.4) is 0 Å². The second kappa shape index (κ2) is 29.7. The summed E-state index contributed by atoms with van der Waals surface area (Å²) in [6.07, 6.45) is -4.22. The first-order chi connectivity index (χ1) is 37.5. The number of benzene rings is 4. The van der Waals surface area contributed by atoms with Crippen LogP contribution in [0.1, 0.15) is 185 Å². The summed E-state index contributed by atoms with van der Waals surface area (Å²) in [6.45, 7) is 23.1. The van der Waals surface area contributed by atoms with Crippen LogP contribution in [0.25, 0.3) is 0 Å². The van der Waals surface area contributed by atoms with Gasteiger partial charge in [0.05, 0.1) is 48.7 Å². The van der Waals surface area contributed by atoms with Crippen LogP contribution in [0.4, 0.5) is 19.2 Å². The Morgan fingerprint density at radius 2 is 0.487 bits per heavy atom. The van der Waals surface area contributed by atoms with E-state index in [-0.39, 0.29) is 109 Å². The molecule has 0 fully saturated rings. The Hall–Kier alpha value is -8.16. The fourth-order valence-electron chi connectivity index (χ4n) is 7.82. The van der Waals surface area contributed by atoms with Crippen LogP contribution >= 0.6 is 0 Å². The number of hydrogen-bond donors (Lipinski definition) is 0. The summed E-state index contributed by atoms with van der Waals surface area (Å²) >= 11 is 0. The first-order valence-electron chi connectivity index (χ1n) is 26.2. The van der Waals surface area contributed by atoms with E-state index in [9.17, 15) is 38.4 Å². The molecule has 20 heteroatoms. The SMILES string of the molecule is CC(C)(C)c1ccc(C(=O)OOC(=O)OCCCC(CCOC(=O)OOC(=O)c2ccc(C(C)(C)C)cc2)C(CCCOC(=O)OOC(=O)c2ccc(C(C)(C)C)cc2)CCOC(=O)OOC(=O)c2ccc(C(C)(C)C)cc2)cc1. The highest BCUT2D eigenvalue weighted by atomic mass is 17.3. The highest BCUT2D eigenvalue weighted by Crippen LogP contribution is 2.31. The van der Waals surface area contributed by atoms with Crippen molar-refractivity contribution in [1.29, 1.82) is 0 Å². The van der Waals surface area contributed by atoms with Gasteiger partial charge in [-0.3, -0.25) is 0 Å². The van der Waals surface area contributed by atoms with Gasteiger partial charge in [-0.15, -0.1) is 0 Å². The summed E-state index contributed by atoms with van der Waals surface area (Å²) < 4.78 is 20.9. The number of ether oxygens (including phenoxy) is 4. The summed E-state index contributed by atoms with van der Waals surface area (Å²) in [5, 5.41) is 0. The molecule has 4 aromatic rings. The van der Waals surface area contributed by atoms with E-state index in [1.165, 1.54) is 48.5 Å². The smallest absolute Gasteiger partial charge is 0.432 e. The predicted octanol–water partition coefficient (Wildman–Crippen LogP) is 13.5. The maximum atomic E-state index is 12.7. The van der Waals surface area contributed by atoms with Crippen molar-refractivity contribution in [3.05, 3.63) is 142 Å². The molecule has 0 aliphatic heterocycles. The fourth-order valence-corrected chi connectivity index (χ4v) is 7.82. The van der Waals surface area contributed by atoms with Gasteiger partial charge >= 0.3 is 48.5 Å². The summed E-state index contributed by atoms with van der Waals surface area (Å²) in [5.41, 5.74) is 3.71. The molecule has 0 aliphatic rings. The van der Waals surface area contributed by atoms with Gasteiger partial charge in [-0.1, -0.05) is 132 Å². The van der Waals surface area contributed by atoms with Gasteiger partial charge in [-0.05, 0) is 143 Å². The van der Waals surface area contributed by atoms with Crippen molar-refractivity contribution in [3.63, 3.8) is 0 Å². The Bertz CT molecular complexity index is 2500. The summed E-state index contributed by atoms with van der Waals surface area (Å²) in [7, 11) is 0. The molecule has 0 amide bonds. The first kappa shape index (κ1) is 64.4. The van der Waals surface area contributed by atoms with E-state index in [4.69, 9.17) is 38.5 Å². The number of carbonyl (C=O) groups is 8. The van der Waals surface area contributed by atoms with Crippen molar-refractivity contribution >= 4 is 48.5 Å². The summed E-state index contributed by atoms with van der Waals surface area (Å²) in [6, 6.07) is 26.3. The van der Waals surface area contributed by atoms with Crippen molar-refractivity contribution < 1.29 is 96.4 Å². The van der Waals surface area contributed by atoms with Crippen LogP contribution in [0, 0.1) is 11.8 Å². The second-order valence-electron chi connectivity index (χ2n) is 22.9. The molecule has 0 heterocycles. The molecule has 0 radical (unpaired) electrons. The van der Waals surface area contributed by atoms with E-state index in [1.807, 2.05) is 83.1 Å². The van der Waals surface area contributed by atoms with Crippen LogP contribution in [-0.4, -0.2) is 74.9 Å². The molecule has 0 N–H and O–H groups in total. The standard InChI is InChI=1S/C60H74O20/c1-57(2,3)45-25-17-41(18-26-45)49(61)73-77-53(65)69-35-13-15-39(33-37-71-55(67)79-75-51(63)43-21-29-47(30-22-43)59(7,8)9)40(34-38-72-56(68)80-76-52(64)44-23-31-48(32-24-44)60(10,11)12)16-14-36-70-54(66)78-74-50(62)42-19-27-46(28-20-42)58(4,5)6/h17-32,39-40H,13-16,33-38H2,1-12H3. The Labute approximate surface area is 466 Å². The third-order valence-electron chi connectivity index (χ3n) is 12.7. The number of carbonyl (C=O) groups excluding carboxylic acids is 8. The minimum absolute atomic E-state index is 0.101. The molecule has 0 bridgehead atoms. The van der Waals surface area contributed by atoms with Crippen molar-refractivity contribution in [2.45, 2.75) is 143 Å². The third kappa shape index (κ3) is 22.3. The monoisotopic (exact) mass is 1110 g/mol. The van der Waals surface area contributed by atoms with E-state index in [1.54, 1.807) is 48.5 Å². The highest BCUT2D eigenvalue weighted by Gasteiger charge is 2.26. The molecule has 80 heavy (non-hydrogen) atoms. The van der Waals surface area contributed by atoms with Gasteiger partial charge in [-0.2, -0.15) is 19.2 Å². The normalized spacial score (nSPS) is 12.3. The largest absolute Gasteiger partial charge is 0.549 e. The van der Waals surface area contributed by atoms with Gasteiger partial charge in [0.2, 0.25) is 0 Å². The molecule has 0 aromatic heterocycles. The maximum Gasteiger partial charge on any atom is 0.549 e. The lowest BCUT2D eigenvalue weighted by Crippen LogP contribution is -2.23. The third-order valence-corrected chi connectivity index (χ3v) is 12.7. The second-order valence-corrected chi connectivity index (χ2v) is 22.9. The highest BCUT2D eigenvalue weighted by molar-refractivity contribution is 5.91. The van der Waals surface area contributed by atoms with Gasteiger partial charge in [0, 0.05) is 0 Å². The quantitative estimate of drug-likeness (QED) is 0.0278. The average molecular weight is 1120 g/mol. The topological polar surface area (TPSA) is 247 Å². The van der Waals surface area contributed by atoms with E-state index >= 15 is 0 Å². The Morgan fingerprint density at radius 1 is 0.287 bits per heavy atom. The molecule has 2 unspecified atom stereocenters. The Balaban J connectivity index is 1.41. The zero-order valence-electron chi connectivity index (χ0n) is 47.6. The lowest BCUT2D eigenvalue weighted by atomic mass is 9.81. The van der Waals surface area contributed by atoms with Crippen molar-refractivity contribution in [1.82, 2.24) is 0 Å². The number of rotatable bonds is 19. The molecular formula is C60H74O20. The molecule has 0 saturated carbocycles. The Morgan fingerprint density at radius 3 is 0.688 bits per heavy atom. The lowest BCUT2D eigenvalue weighted by Gasteiger charge is -2.27. The molecule has 2 atom stereocenters. The Kier molecular flexibility index (Phi) is 23.9. The van der Waals surface area contributed by atoms with Crippen LogP contribution < -0.4 is 0 Å². The molecule has 4 aromatic carbocycles. The minimum atomic E-state index is -1.33. The van der Waals surface area contributed by atoms with Crippen LogP contribution in [-0.2, 0) is 79.7 Å². The zero-order valence-corrected chi connectivity index (χ0v) is 47.6. The average Bonchev–Trinajstić information content (AvgIpc) is 3.40. The fraction of sp³-hybridized carbons (Fsp3) is 0.467. The summed E-state index contributed by atoms with van der Waals surface area (Å²) in [4.78, 5) is 138. The zero-order chi connectivity index (χ0) is 59.3. The maximum absolute atomic E-state index is 12.7. The predicted molar refractivity (Wildman–Crippen MR) is 287 cm³/mol. The minimum Gasteiger partial charge on any atom is -0.432 e. The van der Waals surface area contributed by atoms with Crippen molar-refractivity contribution in [2.75, 3.05) is 26.4 Å². The van der Waals surface area contributed by atoms with E-state index in [2.05, 4.69) is 19.6 Å². The molecule has 0 aliphatic carbocycles. The molecule has 0 saturated heterocycles. The summed E-state index contributed by atoms with van der Waals surface area (Å²) in [5.74, 6) is -4.65. The van der Waals surface area contributed by atoms with Crippen LogP contribution in [0.15, 0.2) is 97.1 Å². The van der Waals surface area contributed by atoms with Gasteiger partial charge < -0.3 is 18.9 Å². The van der Waals surface area contributed by atoms with Crippen LogP contribution in [0.5, 0.6) is 0 Å². The van der Waals surface area contributed by atoms with Crippen molar-refractivity contribution in [2.24, 2.45) is 11.8 Å². The molecule has 434 valence electrons. The molecule has 20 nitrogen and oxygen atoms in total. The first-order valence-corrected chi connectivity index (χ1v) is 26.2. The van der Waals surface area contributed by atoms with Gasteiger partial charge in [0.15, 0.2) is 0 Å². The number of hydrogen-bond acceptors (Lipinski definition) is 20. The lowest BCUT2D eigenvalue weighted by molar-refractivity contribution is -0.204. The molecular weight excluding hydrogens is 1040 g/mol.